The number of benzene rings is 1. The highest BCUT2D eigenvalue weighted by atomic mass is 32.2. The van der Waals surface area contributed by atoms with E-state index in [0.29, 0.717) is 13.1 Å². The summed E-state index contributed by atoms with van der Waals surface area (Å²) in [5.41, 5.74) is 2.20. The van der Waals surface area contributed by atoms with E-state index < -0.39 is 14.6 Å². The van der Waals surface area contributed by atoms with Crippen molar-refractivity contribution in [1.29, 1.82) is 0 Å². The lowest BCUT2D eigenvalue weighted by atomic mass is 10.1. The van der Waals surface area contributed by atoms with Crippen molar-refractivity contribution in [2.45, 2.75) is 38.0 Å². The van der Waals surface area contributed by atoms with Crippen LogP contribution in [0.1, 0.15) is 26.3 Å². The standard InChI is InChI=1S/C17H24N2O3S/c1-13-10-14-6-4-5-7-15(14)19(13)16(20)11-18-8-9-23(21,22)17(2,3)12-18/h4-7,13H,8-12H2,1-3H3. The molecule has 1 aromatic rings. The fourth-order valence-electron chi connectivity index (χ4n) is 3.59. The molecule has 3 rings (SSSR count). The zero-order chi connectivity index (χ0) is 16.8. The maximum absolute atomic E-state index is 12.8. The number of carbonyl (C=O) groups excluding carboxylic acids is 1. The molecule has 2 aliphatic heterocycles. The Kier molecular flexibility index (Phi) is 4.01. The van der Waals surface area contributed by atoms with Crippen molar-refractivity contribution in [3.63, 3.8) is 0 Å². The second-order valence-corrected chi connectivity index (χ2v) is 9.98. The molecule has 6 heteroatoms. The SMILES string of the molecule is CC1Cc2ccccc2N1C(=O)CN1CCS(=O)(=O)C(C)(C)C1. The van der Waals surface area contributed by atoms with Gasteiger partial charge in [0.1, 0.15) is 0 Å². The molecule has 1 amide bonds. The molecule has 1 atom stereocenters. The number of hydrogen-bond donors (Lipinski definition) is 0. The van der Waals surface area contributed by atoms with Gasteiger partial charge in [-0.25, -0.2) is 8.42 Å². The van der Waals surface area contributed by atoms with Crippen molar-refractivity contribution >= 4 is 21.4 Å². The lowest BCUT2D eigenvalue weighted by molar-refractivity contribution is -0.120. The highest BCUT2D eigenvalue weighted by Crippen LogP contribution is 2.32. The van der Waals surface area contributed by atoms with Crippen LogP contribution in [-0.2, 0) is 21.1 Å². The highest BCUT2D eigenvalue weighted by molar-refractivity contribution is 7.92. The average Bonchev–Trinajstić information content (AvgIpc) is 2.78. The van der Waals surface area contributed by atoms with E-state index in [2.05, 4.69) is 13.0 Å². The number of para-hydroxylation sites is 1. The Labute approximate surface area is 138 Å². The van der Waals surface area contributed by atoms with Crippen molar-refractivity contribution in [2.75, 3.05) is 30.3 Å². The van der Waals surface area contributed by atoms with E-state index in [1.54, 1.807) is 13.8 Å². The van der Waals surface area contributed by atoms with Crippen LogP contribution in [-0.4, -0.2) is 55.4 Å². The van der Waals surface area contributed by atoms with Crippen molar-refractivity contribution < 1.29 is 13.2 Å². The maximum atomic E-state index is 12.8. The maximum Gasteiger partial charge on any atom is 0.241 e. The molecule has 2 aliphatic rings. The molecule has 0 N–H and O–H groups in total. The van der Waals surface area contributed by atoms with Crippen molar-refractivity contribution in [3.05, 3.63) is 29.8 Å². The number of amides is 1. The smallest absolute Gasteiger partial charge is 0.241 e. The quantitative estimate of drug-likeness (QED) is 0.821. The van der Waals surface area contributed by atoms with Gasteiger partial charge in [0.2, 0.25) is 5.91 Å². The molecule has 0 aromatic heterocycles. The summed E-state index contributed by atoms with van der Waals surface area (Å²) in [6.45, 7) is 6.66. The van der Waals surface area contributed by atoms with E-state index in [1.165, 1.54) is 5.56 Å². The molecular formula is C17H24N2O3S. The van der Waals surface area contributed by atoms with Gasteiger partial charge in [-0.1, -0.05) is 18.2 Å². The van der Waals surface area contributed by atoms with E-state index in [0.717, 1.165) is 12.1 Å². The predicted octanol–water partition coefficient (Wildman–Crippen LogP) is 1.47. The van der Waals surface area contributed by atoms with Crippen molar-refractivity contribution in [2.24, 2.45) is 0 Å². The summed E-state index contributed by atoms with van der Waals surface area (Å²) < 4.78 is 23.4. The lowest BCUT2D eigenvalue weighted by Gasteiger charge is -2.38. The van der Waals surface area contributed by atoms with Crippen LogP contribution in [0.15, 0.2) is 24.3 Å². The van der Waals surface area contributed by atoms with E-state index in [4.69, 9.17) is 0 Å². The predicted molar refractivity (Wildman–Crippen MR) is 91.4 cm³/mol. The molecule has 5 nitrogen and oxygen atoms in total. The lowest BCUT2D eigenvalue weighted by Crippen LogP contribution is -2.55. The number of nitrogens with zero attached hydrogens (tertiary/aromatic N) is 2. The van der Waals surface area contributed by atoms with Crippen LogP contribution in [0.5, 0.6) is 0 Å². The Morgan fingerprint density at radius 3 is 2.70 bits per heavy atom. The first-order valence-corrected chi connectivity index (χ1v) is 9.71. The zero-order valence-electron chi connectivity index (χ0n) is 13.9. The molecule has 0 saturated carbocycles. The van der Waals surface area contributed by atoms with Gasteiger partial charge in [-0.15, -0.1) is 0 Å². The number of sulfone groups is 1. The Balaban J connectivity index is 1.74. The molecule has 1 saturated heterocycles. The molecule has 2 heterocycles. The van der Waals surface area contributed by atoms with Gasteiger partial charge in [0, 0.05) is 24.8 Å². The minimum absolute atomic E-state index is 0.0533. The molecular weight excluding hydrogens is 312 g/mol. The third-order valence-corrected chi connectivity index (χ3v) is 7.49. The third kappa shape index (κ3) is 2.90. The number of rotatable bonds is 2. The first-order valence-electron chi connectivity index (χ1n) is 8.06. The van der Waals surface area contributed by atoms with Gasteiger partial charge in [0.25, 0.3) is 0 Å². The molecule has 1 aromatic carbocycles. The number of anilines is 1. The van der Waals surface area contributed by atoms with E-state index in [-0.39, 0.29) is 24.2 Å². The molecule has 0 spiro atoms. The first kappa shape index (κ1) is 16.5. The first-order chi connectivity index (χ1) is 10.7. The number of carbonyl (C=O) groups is 1. The van der Waals surface area contributed by atoms with Gasteiger partial charge in [-0.05, 0) is 38.8 Å². The van der Waals surface area contributed by atoms with Gasteiger partial charge in [-0.3, -0.25) is 9.69 Å². The number of hydrogen-bond acceptors (Lipinski definition) is 4. The summed E-state index contributed by atoms with van der Waals surface area (Å²) in [4.78, 5) is 16.6. The van der Waals surface area contributed by atoms with Crippen molar-refractivity contribution in [3.8, 4) is 0 Å². The summed E-state index contributed by atoms with van der Waals surface area (Å²) in [5, 5.41) is 0. The van der Waals surface area contributed by atoms with Gasteiger partial charge in [0.15, 0.2) is 9.84 Å². The van der Waals surface area contributed by atoms with Gasteiger partial charge < -0.3 is 4.90 Å². The van der Waals surface area contributed by atoms with Crippen LogP contribution in [0.4, 0.5) is 5.69 Å². The molecule has 126 valence electrons. The second kappa shape index (κ2) is 5.60. The topological polar surface area (TPSA) is 57.7 Å². The molecule has 1 fully saturated rings. The Morgan fingerprint density at radius 1 is 1.30 bits per heavy atom. The number of fused-ring (bicyclic) bond motifs is 1. The summed E-state index contributed by atoms with van der Waals surface area (Å²) in [7, 11) is -3.07. The largest absolute Gasteiger partial charge is 0.308 e. The van der Waals surface area contributed by atoms with Crippen LogP contribution in [0.25, 0.3) is 0 Å². The van der Waals surface area contributed by atoms with Crippen LogP contribution < -0.4 is 4.90 Å². The van der Waals surface area contributed by atoms with E-state index in [9.17, 15) is 13.2 Å². The average molecular weight is 336 g/mol. The van der Waals surface area contributed by atoms with Gasteiger partial charge in [-0.2, -0.15) is 0 Å². The Hall–Kier alpha value is -1.40. The summed E-state index contributed by atoms with van der Waals surface area (Å²) in [5.74, 6) is 0.178. The van der Waals surface area contributed by atoms with Crippen LogP contribution >= 0.6 is 0 Å². The molecule has 0 bridgehead atoms. The van der Waals surface area contributed by atoms with Crippen molar-refractivity contribution in [1.82, 2.24) is 4.90 Å². The van der Waals surface area contributed by atoms with Gasteiger partial charge in [0.05, 0.1) is 17.0 Å². The molecule has 0 aliphatic carbocycles. The van der Waals surface area contributed by atoms with Crippen LogP contribution in [0.2, 0.25) is 0 Å². The summed E-state index contributed by atoms with van der Waals surface area (Å²) in [6, 6.07) is 8.16. The zero-order valence-corrected chi connectivity index (χ0v) is 14.8. The Morgan fingerprint density at radius 2 is 2.00 bits per heavy atom. The second-order valence-electron chi connectivity index (χ2n) is 7.23. The summed E-state index contributed by atoms with van der Waals surface area (Å²) >= 11 is 0. The fourth-order valence-corrected chi connectivity index (χ4v) is 5.02. The fraction of sp³-hybridized carbons (Fsp3) is 0.588. The molecule has 1 unspecified atom stereocenters. The van der Waals surface area contributed by atoms with E-state index >= 15 is 0 Å². The minimum Gasteiger partial charge on any atom is -0.308 e. The highest BCUT2D eigenvalue weighted by Gasteiger charge is 2.41. The normalized spacial score (nSPS) is 26.0. The minimum atomic E-state index is -3.07. The third-order valence-electron chi connectivity index (χ3n) is 4.96. The van der Waals surface area contributed by atoms with E-state index in [1.807, 2.05) is 28.0 Å². The summed E-state index contributed by atoms with van der Waals surface area (Å²) in [6.07, 6.45) is 0.877. The van der Waals surface area contributed by atoms with Crippen LogP contribution in [0.3, 0.4) is 0 Å². The van der Waals surface area contributed by atoms with Gasteiger partial charge >= 0.3 is 0 Å². The Bertz CT molecular complexity index is 727. The molecule has 23 heavy (non-hydrogen) atoms. The monoisotopic (exact) mass is 336 g/mol. The molecule has 0 radical (unpaired) electrons. The van der Waals surface area contributed by atoms with Crippen LogP contribution in [0, 0.1) is 0 Å².